The largest absolute Gasteiger partial charge is 0.489 e. The first kappa shape index (κ1) is 13.7. The highest BCUT2D eigenvalue weighted by Gasteiger charge is 2.12. The lowest BCUT2D eigenvalue weighted by Crippen LogP contribution is -2.06. The van der Waals surface area contributed by atoms with E-state index >= 15 is 0 Å². The van der Waals surface area contributed by atoms with Crippen LogP contribution in [0.5, 0.6) is 5.75 Å². The maximum absolute atomic E-state index is 11.2. The van der Waals surface area contributed by atoms with E-state index in [1.54, 1.807) is 18.2 Å². The van der Waals surface area contributed by atoms with E-state index in [0.29, 0.717) is 11.1 Å². The fourth-order valence-corrected chi connectivity index (χ4v) is 2.82. The number of carboxylic acids is 1. The molecule has 1 N–H and O–H groups in total. The number of aromatic carboxylic acids is 1. The highest BCUT2D eigenvalue weighted by atomic mass is 16.5. The zero-order valence-corrected chi connectivity index (χ0v) is 11.8. The second kappa shape index (κ2) is 6.00. The minimum Gasteiger partial charge on any atom is -0.489 e. The van der Waals surface area contributed by atoms with Gasteiger partial charge in [-0.1, -0.05) is 24.3 Å². The van der Waals surface area contributed by atoms with Gasteiger partial charge in [0.2, 0.25) is 0 Å². The van der Waals surface area contributed by atoms with E-state index in [4.69, 9.17) is 9.84 Å². The van der Waals surface area contributed by atoms with E-state index in [2.05, 4.69) is 12.1 Å². The van der Waals surface area contributed by atoms with Crippen LogP contribution in [0, 0.1) is 0 Å². The molecule has 0 saturated carbocycles. The molecule has 108 valence electrons. The Morgan fingerprint density at radius 2 is 1.81 bits per heavy atom. The molecule has 1 aliphatic rings. The number of fused-ring (bicyclic) bond motifs is 1. The third-order valence-corrected chi connectivity index (χ3v) is 3.96. The molecule has 0 spiro atoms. The molecule has 2 aromatic carbocycles. The van der Waals surface area contributed by atoms with Crippen LogP contribution in [0.1, 0.15) is 39.9 Å². The molecular weight excluding hydrogens is 264 g/mol. The van der Waals surface area contributed by atoms with Gasteiger partial charge in [-0.05, 0) is 55.0 Å². The van der Waals surface area contributed by atoms with Gasteiger partial charge in [-0.2, -0.15) is 0 Å². The Hall–Kier alpha value is -2.29. The van der Waals surface area contributed by atoms with Crippen LogP contribution in [0.4, 0.5) is 0 Å². The summed E-state index contributed by atoms with van der Waals surface area (Å²) in [5.41, 5.74) is 3.78. The minimum atomic E-state index is -0.917. The Bertz CT molecular complexity index is 661. The molecule has 0 fully saturated rings. The van der Waals surface area contributed by atoms with Crippen molar-refractivity contribution in [3.8, 4) is 5.75 Å². The Kier molecular flexibility index (Phi) is 3.91. The molecule has 0 aliphatic heterocycles. The predicted octanol–water partition coefficient (Wildman–Crippen LogP) is 3.84. The van der Waals surface area contributed by atoms with Crippen LogP contribution < -0.4 is 4.74 Å². The molecule has 0 heterocycles. The molecule has 3 heteroatoms. The SMILES string of the molecule is O=C(O)c1ccccc1COc1ccc2c(c1)CCCC2. The van der Waals surface area contributed by atoms with E-state index in [9.17, 15) is 4.79 Å². The van der Waals surface area contributed by atoms with Crippen molar-refractivity contribution in [1.82, 2.24) is 0 Å². The zero-order valence-electron chi connectivity index (χ0n) is 11.8. The summed E-state index contributed by atoms with van der Waals surface area (Å²) < 4.78 is 5.79. The first-order valence-corrected chi connectivity index (χ1v) is 7.30. The Morgan fingerprint density at radius 1 is 1.05 bits per heavy atom. The Labute approximate surface area is 124 Å². The molecule has 21 heavy (non-hydrogen) atoms. The average Bonchev–Trinajstić information content (AvgIpc) is 2.53. The number of benzene rings is 2. The third kappa shape index (κ3) is 3.07. The van der Waals surface area contributed by atoms with Crippen molar-refractivity contribution in [2.24, 2.45) is 0 Å². The van der Waals surface area contributed by atoms with Gasteiger partial charge in [-0.3, -0.25) is 0 Å². The first-order chi connectivity index (χ1) is 10.2. The molecule has 2 aromatic rings. The van der Waals surface area contributed by atoms with Crippen molar-refractivity contribution >= 4 is 5.97 Å². The van der Waals surface area contributed by atoms with Gasteiger partial charge in [-0.25, -0.2) is 4.79 Å². The van der Waals surface area contributed by atoms with Crippen molar-refractivity contribution in [2.75, 3.05) is 0 Å². The Morgan fingerprint density at radius 3 is 2.62 bits per heavy atom. The van der Waals surface area contributed by atoms with E-state index in [-0.39, 0.29) is 6.61 Å². The van der Waals surface area contributed by atoms with Gasteiger partial charge in [0.15, 0.2) is 0 Å². The fraction of sp³-hybridized carbons (Fsp3) is 0.278. The molecule has 1 aliphatic carbocycles. The number of carboxylic acid groups (broad SMARTS) is 1. The smallest absolute Gasteiger partial charge is 0.336 e. The number of hydrogen-bond acceptors (Lipinski definition) is 2. The molecule has 0 unspecified atom stereocenters. The van der Waals surface area contributed by atoms with Crippen LogP contribution in [0.3, 0.4) is 0 Å². The summed E-state index contributed by atoms with van der Waals surface area (Å²) >= 11 is 0. The van der Waals surface area contributed by atoms with Crippen LogP contribution in [0.2, 0.25) is 0 Å². The minimum absolute atomic E-state index is 0.279. The summed E-state index contributed by atoms with van der Waals surface area (Å²) in [5, 5.41) is 9.17. The molecule has 0 radical (unpaired) electrons. The van der Waals surface area contributed by atoms with Gasteiger partial charge in [0.05, 0.1) is 5.56 Å². The molecule has 0 atom stereocenters. The van der Waals surface area contributed by atoms with Crippen LogP contribution in [0.25, 0.3) is 0 Å². The van der Waals surface area contributed by atoms with E-state index in [0.717, 1.165) is 18.6 Å². The van der Waals surface area contributed by atoms with Crippen LogP contribution in [-0.4, -0.2) is 11.1 Å². The average molecular weight is 282 g/mol. The summed E-state index contributed by atoms with van der Waals surface area (Å²) in [7, 11) is 0. The van der Waals surface area contributed by atoms with Crippen LogP contribution in [0.15, 0.2) is 42.5 Å². The predicted molar refractivity (Wildman–Crippen MR) is 80.8 cm³/mol. The molecule has 0 amide bonds. The van der Waals surface area contributed by atoms with Gasteiger partial charge in [0.25, 0.3) is 0 Å². The second-order valence-corrected chi connectivity index (χ2v) is 5.39. The van der Waals surface area contributed by atoms with Crippen LogP contribution >= 0.6 is 0 Å². The first-order valence-electron chi connectivity index (χ1n) is 7.30. The third-order valence-electron chi connectivity index (χ3n) is 3.96. The molecular formula is C18H18O3. The lowest BCUT2D eigenvalue weighted by Gasteiger charge is -2.17. The summed E-state index contributed by atoms with van der Waals surface area (Å²) in [6.07, 6.45) is 4.76. The molecule has 0 aromatic heterocycles. The van der Waals surface area contributed by atoms with Gasteiger partial charge < -0.3 is 9.84 Å². The molecule has 0 saturated heterocycles. The maximum Gasteiger partial charge on any atom is 0.336 e. The summed E-state index contributed by atoms with van der Waals surface area (Å²) in [6, 6.07) is 13.2. The highest BCUT2D eigenvalue weighted by Crippen LogP contribution is 2.26. The number of carbonyl (C=O) groups is 1. The monoisotopic (exact) mass is 282 g/mol. The molecule has 0 bridgehead atoms. The summed E-state index contributed by atoms with van der Waals surface area (Å²) in [5.74, 6) is -0.101. The second-order valence-electron chi connectivity index (χ2n) is 5.39. The maximum atomic E-state index is 11.2. The quantitative estimate of drug-likeness (QED) is 0.926. The van der Waals surface area contributed by atoms with Crippen LogP contribution in [-0.2, 0) is 19.4 Å². The van der Waals surface area contributed by atoms with Crippen molar-refractivity contribution in [3.63, 3.8) is 0 Å². The van der Waals surface area contributed by atoms with Crippen molar-refractivity contribution in [1.29, 1.82) is 0 Å². The topological polar surface area (TPSA) is 46.5 Å². The van der Waals surface area contributed by atoms with E-state index in [1.807, 2.05) is 12.1 Å². The normalized spacial score (nSPS) is 13.5. The number of hydrogen-bond donors (Lipinski definition) is 1. The standard InChI is InChI=1S/C18H18O3/c19-18(20)17-8-4-3-7-15(17)12-21-16-10-9-13-5-1-2-6-14(13)11-16/h3-4,7-11H,1-2,5-6,12H2,(H,19,20). The molecule has 3 rings (SSSR count). The van der Waals surface area contributed by atoms with Crippen molar-refractivity contribution in [2.45, 2.75) is 32.3 Å². The van der Waals surface area contributed by atoms with Crippen molar-refractivity contribution in [3.05, 3.63) is 64.7 Å². The lowest BCUT2D eigenvalue weighted by molar-refractivity contribution is 0.0694. The highest BCUT2D eigenvalue weighted by molar-refractivity contribution is 5.89. The number of rotatable bonds is 4. The van der Waals surface area contributed by atoms with Crippen molar-refractivity contribution < 1.29 is 14.6 Å². The lowest BCUT2D eigenvalue weighted by atomic mass is 9.92. The zero-order chi connectivity index (χ0) is 14.7. The van der Waals surface area contributed by atoms with Gasteiger partial charge in [0, 0.05) is 5.56 Å². The van der Waals surface area contributed by atoms with Gasteiger partial charge in [-0.15, -0.1) is 0 Å². The Balaban J connectivity index is 1.75. The number of aryl methyl sites for hydroxylation is 2. The summed E-state index contributed by atoms with van der Waals surface area (Å²) in [6.45, 7) is 0.279. The van der Waals surface area contributed by atoms with Gasteiger partial charge >= 0.3 is 5.97 Å². The summed E-state index contributed by atoms with van der Waals surface area (Å²) in [4.78, 5) is 11.2. The van der Waals surface area contributed by atoms with E-state index in [1.165, 1.54) is 24.0 Å². The van der Waals surface area contributed by atoms with Gasteiger partial charge in [0.1, 0.15) is 12.4 Å². The fourth-order valence-electron chi connectivity index (χ4n) is 2.82. The molecule has 3 nitrogen and oxygen atoms in total. The number of ether oxygens (including phenoxy) is 1. The van der Waals surface area contributed by atoms with E-state index < -0.39 is 5.97 Å².